The van der Waals surface area contributed by atoms with Crippen LogP contribution in [0.3, 0.4) is 0 Å². The summed E-state index contributed by atoms with van der Waals surface area (Å²) in [5.74, 6) is 0.655. The monoisotopic (exact) mass is 452 g/mol. The number of thioether (sulfide) groups is 1. The highest BCUT2D eigenvalue weighted by atomic mass is 32.2. The maximum atomic E-state index is 13.0. The van der Waals surface area contributed by atoms with Crippen molar-refractivity contribution >= 4 is 17.5 Å². The molecule has 2 heterocycles. The molecular weight excluding hydrogens is 420 g/mol. The Balaban J connectivity index is 1.48. The summed E-state index contributed by atoms with van der Waals surface area (Å²) < 4.78 is 18.8. The van der Waals surface area contributed by atoms with Crippen LogP contribution in [0, 0.1) is 17.3 Å². The minimum atomic E-state index is -0.523. The lowest BCUT2D eigenvalue weighted by Crippen LogP contribution is -2.37. The summed E-state index contributed by atoms with van der Waals surface area (Å²) in [6.45, 7) is 4.03. The van der Waals surface area contributed by atoms with Crippen molar-refractivity contribution < 1.29 is 19.0 Å². The van der Waals surface area contributed by atoms with Crippen LogP contribution in [0.4, 0.5) is 0 Å². The quantitative estimate of drug-likeness (QED) is 0.544. The number of allylic oxidation sites excluding steroid dienone is 2. The van der Waals surface area contributed by atoms with Crippen molar-refractivity contribution in [2.75, 3.05) is 26.1 Å². The van der Waals surface area contributed by atoms with Crippen LogP contribution in [-0.4, -0.2) is 37.6 Å². The topological polar surface area (TPSA) is 44.8 Å². The van der Waals surface area contributed by atoms with Crippen molar-refractivity contribution in [2.24, 2.45) is 17.3 Å². The van der Waals surface area contributed by atoms with Gasteiger partial charge in [-0.1, -0.05) is 19.1 Å². The number of carbonyl (C=O) groups is 1. The Hall–Kier alpha value is -1.40. The highest BCUT2D eigenvalue weighted by Crippen LogP contribution is 2.58. The maximum Gasteiger partial charge on any atom is 0.188 e. The van der Waals surface area contributed by atoms with Gasteiger partial charge in [-0.2, -0.15) is 0 Å². The average Bonchev–Trinajstić information content (AvgIpc) is 3.35. The molecule has 5 heteroatoms. The summed E-state index contributed by atoms with van der Waals surface area (Å²) in [5, 5.41) is 0. The number of ketones is 1. The molecule has 3 fully saturated rings. The average molecular weight is 453 g/mol. The van der Waals surface area contributed by atoms with Crippen LogP contribution in [0.15, 0.2) is 52.0 Å². The summed E-state index contributed by atoms with van der Waals surface area (Å²) in [4.78, 5) is 14.3. The fraction of sp³-hybridized carbons (Fsp3) is 0.593. The van der Waals surface area contributed by atoms with E-state index in [4.69, 9.17) is 14.2 Å². The SMILES string of the molecule is CSc1ccc([C@H]2OC[C@]3(C)C(=O)CCC3C3CCC4=CC5(CCC4=C32)OCCO5)cc1. The number of ether oxygens (including phenoxy) is 3. The van der Waals surface area contributed by atoms with Gasteiger partial charge in [0.2, 0.25) is 0 Å². The van der Waals surface area contributed by atoms with Crippen molar-refractivity contribution in [2.45, 2.75) is 62.2 Å². The molecule has 1 aromatic carbocycles. The van der Waals surface area contributed by atoms with Crippen molar-refractivity contribution in [3.8, 4) is 0 Å². The predicted molar refractivity (Wildman–Crippen MR) is 124 cm³/mol. The molecule has 32 heavy (non-hydrogen) atoms. The van der Waals surface area contributed by atoms with Crippen molar-refractivity contribution in [3.05, 3.63) is 52.6 Å². The van der Waals surface area contributed by atoms with Crippen LogP contribution in [0.1, 0.15) is 57.1 Å². The molecular formula is C27H32O4S. The maximum absolute atomic E-state index is 13.0. The molecule has 0 amide bonds. The molecule has 6 rings (SSSR count). The molecule has 2 saturated heterocycles. The number of hydrogen-bond donors (Lipinski definition) is 0. The van der Waals surface area contributed by atoms with Gasteiger partial charge < -0.3 is 14.2 Å². The first-order valence-corrected chi connectivity index (χ1v) is 13.3. The first-order valence-electron chi connectivity index (χ1n) is 12.0. The fourth-order valence-corrected chi connectivity index (χ4v) is 7.34. The molecule has 2 unspecified atom stereocenters. The summed E-state index contributed by atoms with van der Waals surface area (Å²) in [7, 11) is 0. The van der Waals surface area contributed by atoms with E-state index >= 15 is 0 Å². The van der Waals surface area contributed by atoms with Gasteiger partial charge in [0.1, 0.15) is 11.9 Å². The van der Waals surface area contributed by atoms with Crippen molar-refractivity contribution in [1.82, 2.24) is 0 Å². The number of hydrogen-bond acceptors (Lipinski definition) is 5. The van der Waals surface area contributed by atoms with E-state index in [2.05, 4.69) is 43.5 Å². The van der Waals surface area contributed by atoms with Crippen molar-refractivity contribution in [1.29, 1.82) is 0 Å². The van der Waals surface area contributed by atoms with Gasteiger partial charge in [0, 0.05) is 17.7 Å². The number of rotatable bonds is 2. The Labute approximate surface area is 194 Å². The molecule has 5 aliphatic rings. The Morgan fingerprint density at radius 3 is 2.56 bits per heavy atom. The summed E-state index contributed by atoms with van der Waals surface area (Å²) in [6, 6.07) is 8.82. The molecule has 4 nitrogen and oxygen atoms in total. The van der Waals surface area contributed by atoms with Gasteiger partial charge in [-0.25, -0.2) is 0 Å². The fourth-order valence-electron chi connectivity index (χ4n) is 6.93. The van der Waals surface area contributed by atoms with E-state index in [0.29, 0.717) is 43.9 Å². The molecule has 1 spiro atoms. The van der Waals surface area contributed by atoms with E-state index in [0.717, 1.165) is 32.1 Å². The first-order chi connectivity index (χ1) is 15.5. The number of carbonyl (C=O) groups excluding carboxylic acids is 1. The summed E-state index contributed by atoms with van der Waals surface area (Å²) in [6.07, 6.45) is 9.92. The van der Waals surface area contributed by atoms with Crippen LogP contribution >= 0.6 is 11.8 Å². The molecule has 4 atom stereocenters. The van der Waals surface area contributed by atoms with Crippen LogP contribution in [0.2, 0.25) is 0 Å². The van der Waals surface area contributed by atoms with E-state index in [1.165, 1.54) is 27.2 Å². The second kappa shape index (κ2) is 7.83. The molecule has 0 N–H and O–H groups in total. The third kappa shape index (κ3) is 3.19. The predicted octanol–water partition coefficient (Wildman–Crippen LogP) is 5.64. The minimum absolute atomic E-state index is 0.0794. The van der Waals surface area contributed by atoms with Crippen LogP contribution in [0.5, 0.6) is 0 Å². The van der Waals surface area contributed by atoms with Gasteiger partial charge in [-0.15, -0.1) is 11.8 Å². The second-order valence-corrected chi connectivity index (χ2v) is 11.1. The Bertz CT molecular complexity index is 987. The molecule has 0 bridgehead atoms. The van der Waals surface area contributed by atoms with Gasteiger partial charge in [0.15, 0.2) is 5.79 Å². The van der Waals surface area contributed by atoms with E-state index in [-0.39, 0.29) is 11.5 Å². The first kappa shape index (κ1) is 21.2. The third-order valence-electron chi connectivity index (χ3n) is 8.63. The smallest absolute Gasteiger partial charge is 0.188 e. The molecule has 1 saturated carbocycles. The van der Waals surface area contributed by atoms with Crippen LogP contribution in [0.25, 0.3) is 0 Å². The van der Waals surface area contributed by atoms with E-state index < -0.39 is 5.79 Å². The number of Topliss-reactive ketones (excluding diaryl/α,β-unsaturated/α-hetero) is 1. The van der Waals surface area contributed by atoms with Gasteiger partial charge in [0.25, 0.3) is 0 Å². The zero-order chi connectivity index (χ0) is 21.9. The lowest BCUT2D eigenvalue weighted by molar-refractivity contribution is -0.130. The summed E-state index contributed by atoms with van der Waals surface area (Å²) >= 11 is 1.76. The van der Waals surface area contributed by atoms with E-state index in [1.54, 1.807) is 11.8 Å². The molecule has 3 aliphatic carbocycles. The summed E-state index contributed by atoms with van der Waals surface area (Å²) in [5.41, 5.74) is 5.12. The van der Waals surface area contributed by atoms with Gasteiger partial charge in [-0.3, -0.25) is 4.79 Å². The van der Waals surface area contributed by atoms with Gasteiger partial charge in [-0.05, 0) is 84.3 Å². The molecule has 2 aliphatic heterocycles. The Morgan fingerprint density at radius 2 is 1.81 bits per heavy atom. The molecule has 170 valence electrons. The van der Waals surface area contributed by atoms with Crippen LogP contribution in [-0.2, 0) is 19.0 Å². The second-order valence-electron chi connectivity index (χ2n) is 10.2. The minimum Gasteiger partial charge on any atom is -0.368 e. The standard InChI is InChI=1S/C27H32O4S/c1-26-16-29-25(17-3-6-19(32-2)7-4-17)24-20-11-12-27(30-13-14-31-27)15-18(20)5-8-21(24)22(26)9-10-23(26)28/h3-4,6-7,15,21-22,25H,5,8-14,16H2,1-2H3/t21?,22?,25-,26+/m1/s1. The zero-order valence-electron chi connectivity index (χ0n) is 19.0. The molecule has 0 aromatic heterocycles. The van der Waals surface area contributed by atoms with Gasteiger partial charge >= 0.3 is 0 Å². The largest absolute Gasteiger partial charge is 0.368 e. The number of fused-ring (bicyclic) bond motifs is 4. The third-order valence-corrected chi connectivity index (χ3v) is 9.37. The van der Waals surface area contributed by atoms with E-state index in [9.17, 15) is 4.79 Å². The zero-order valence-corrected chi connectivity index (χ0v) is 19.8. The highest BCUT2D eigenvalue weighted by Gasteiger charge is 2.55. The highest BCUT2D eigenvalue weighted by molar-refractivity contribution is 7.98. The van der Waals surface area contributed by atoms with Gasteiger partial charge in [0.05, 0.1) is 25.2 Å². The lowest BCUT2D eigenvalue weighted by atomic mass is 9.63. The van der Waals surface area contributed by atoms with Crippen molar-refractivity contribution in [3.63, 3.8) is 0 Å². The Morgan fingerprint density at radius 1 is 1.03 bits per heavy atom. The van der Waals surface area contributed by atoms with E-state index in [1.807, 2.05) is 0 Å². The van der Waals surface area contributed by atoms with Crippen LogP contribution < -0.4 is 0 Å². The molecule has 1 aromatic rings. The lowest BCUT2D eigenvalue weighted by Gasteiger charge is -2.41. The Kier molecular flexibility index (Phi) is 5.18. The number of benzene rings is 1. The molecule has 0 radical (unpaired) electrons. The normalized spacial score (nSPS) is 35.9.